The maximum atomic E-state index is 14.7. The normalized spacial score (nSPS) is 19.6. The quantitative estimate of drug-likeness (QED) is 0.0664. The number of thioether (sulfide) groups is 1. The van der Waals surface area contributed by atoms with E-state index in [0.29, 0.717) is 53.3 Å². The first kappa shape index (κ1) is 49.4. The van der Waals surface area contributed by atoms with Crippen molar-refractivity contribution < 1.29 is 43.8 Å². The number of unbranched alkanes of at least 4 members (excludes halogenated alkanes) is 1. The average Bonchev–Trinajstić information content (AvgIpc) is 3.80. The molecule has 0 saturated carbocycles. The van der Waals surface area contributed by atoms with Gasteiger partial charge in [0.25, 0.3) is 0 Å². The van der Waals surface area contributed by atoms with E-state index in [0.717, 1.165) is 11.1 Å². The molecule has 1 fully saturated rings. The average molecular weight is 939 g/mol. The minimum Gasteiger partial charge on any atom is -0.507 e. The lowest BCUT2D eigenvalue weighted by Gasteiger charge is -2.32. The maximum absolute atomic E-state index is 14.7. The lowest BCUT2D eigenvalue weighted by atomic mass is 9.87. The number of fused-ring (bicyclic) bond motifs is 5. The molecule has 4 aromatic rings. The summed E-state index contributed by atoms with van der Waals surface area (Å²) >= 11 is 7.44. The third-order valence-electron chi connectivity index (χ3n) is 12.4. The molecule has 2 aliphatic heterocycles. The number of nitrogens with one attached hydrogen (secondary N) is 1. The van der Waals surface area contributed by atoms with Crippen molar-refractivity contribution in [2.75, 3.05) is 25.2 Å². The zero-order valence-corrected chi connectivity index (χ0v) is 38.8. The molecular weight excluding hydrogens is 882 g/mol. The van der Waals surface area contributed by atoms with E-state index >= 15 is 0 Å². The van der Waals surface area contributed by atoms with Crippen LogP contribution in [-0.4, -0.2) is 98.3 Å². The summed E-state index contributed by atoms with van der Waals surface area (Å²) in [4.78, 5) is 99.4. The van der Waals surface area contributed by atoms with Crippen LogP contribution in [0.5, 0.6) is 11.5 Å². The molecule has 4 aromatic carbocycles. The molecule has 348 valence electrons. The molecule has 6 atom stereocenters. The van der Waals surface area contributed by atoms with Gasteiger partial charge in [0.1, 0.15) is 23.6 Å². The van der Waals surface area contributed by atoms with Crippen LogP contribution >= 0.6 is 23.4 Å². The standard InChI is InChI=1S/C50H56ClN5O9S/c1-28-20-45(61)46(55(3)50(65)35(6-4-5-19-52)25-43(59)33-10-8-31(9-11-33)32-12-15-36(51)16-13-32)34-14-18-42(58)38(24-34)37-22-30(7-17-41(37)57)23-39(54-48(28)63)44(60)21-29(2)49(64)56-27-66-26-40(56)47(53)62/h7-18,22,24,28-29,35,39-40,46,57-58H,4-6,19-21,23,25-27,52H2,1-3H3,(H2,53,62)(H,54,63)/t28-,29-,35-,39+,40-,46+/m1/s1. The Hall–Kier alpha value is -6.03. The number of aromatic hydroxyl groups is 2. The molecule has 66 heavy (non-hydrogen) atoms. The Bertz CT molecular complexity index is 2480. The predicted molar refractivity (Wildman–Crippen MR) is 253 cm³/mol. The Balaban J connectivity index is 1.30. The first-order valence-electron chi connectivity index (χ1n) is 22.0. The molecule has 2 aliphatic rings. The molecule has 14 nitrogen and oxygen atoms in total. The number of rotatable bonds is 15. The van der Waals surface area contributed by atoms with Gasteiger partial charge in [-0.15, -0.1) is 11.8 Å². The Morgan fingerprint density at radius 3 is 2.17 bits per heavy atom. The first-order chi connectivity index (χ1) is 31.5. The Kier molecular flexibility index (Phi) is 16.4. The third kappa shape index (κ3) is 11.7. The molecule has 6 rings (SSSR count). The van der Waals surface area contributed by atoms with Gasteiger partial charge in [0, 0.05) is 71.5 Å². The van der Waals surface area contributed by atoms with Gasteiger partial charge in [-0.2, -0.15) is 0 Å². The highest BCUT2D eigenvalue weighted by Gasteiger charge is 2.38. The van der Waals surface area contributed by atoms with E-state index < -0.39 is 71.1 Å². The number of halogens is 1. The van der Waals surface area contributed by atoms with Gasteiger partial charge < -0.3 is 36.8 Å². The number of ketones is 3. The minimum absolute atomic E-state index is 0.0556. The van der Waals surface area contributed by atoms with E-state index in [-0.39, 0.29) is 60.0 Å². The number of carbonyl (C=O) groups excluding carboxylic acids is 7. The molecule has 7 N–H and O–H groups in total. The molecule has 4 amide bonds. The summed E-state index contributed by atoms with van der Waals surface area (Å²) in [6, 6.07) is 20.0. The zero-order chi connectivity index (χ0) is 47.8. The topological polar surface area (TPSA) is 230 Å². The van der Waals surface area contributed by atoms with E-state index in [4.69, 9.17) is 23.1 Å². The molecule has 2 heterocycles. The van der Waals surface area contributed by atoms with Crippen molar-refractivity contribution in [2.45, 2.75) is 76.9 Å². The van der Waals surface area contributed by atoms with Gasteiger partial charge in [0.15, 0.2) is 17.3 Å². The summed E-state index contributed by atoms with van der Waals surface area (Å²) < 4.78 is 0. The minimum atomic E-state index is -1.30. The van der Waals surface area contributed by atoms with Crippen molar-refractivity contribution in [3.63, 3.8) is 0 Å². The molecule has 0 spiro atoms. The Labute approximate surface area is 393 Å². The van der Waals surface area contributed by atoms with Gasteiger partial charge >= 0.3 is 0 Å². The summed E-state index contributed by atoms with van der Waals surface area (Å²) in [6.45, 7) is 3.48. The highest BCUT2D eigenvalue weighted by atomic mass is 35.5. The fraction of sp³-hybridized carbons (Fsp3) is 0.380. The summed E-state index contributed by atoms with van der Waals surface area (Å²) in [5.74, 6) is -6.02. The molecule has 1 saturated heterocycles. The maximum Gasteiger partial charge on any atom is 0.241 e. The third-order valence-corrected chi connectivity index (χ3v) is 13.7. The van der Waals surface area contributed by atoms with Crippen molar-refractivity contribution in [3.05, 3.63) is 107 Å². The van der Waals surface area contributed by atoms with E-state index in [1.54, 1.807) is 43.3 Å². The monoisotopic (exact) mass is 937 g/mol. The van der Waals surface area contributed by atoms with Gasteiger partial charge in [-0.05, 0) is 84.5 Å². The number of Topliss-reactive ketones (excluding diaryl/α,β-unsaturated/α-hetero) is 3. The number of likely N-dealkylation sites (N-methyl/N-ethyl adjacent to an activating group) is 1. The zero-order valence-electron chi connectivity index (χ0n) is 37.2. The van der Waals surface area contributed by atoms with Crippen LogP contribution in [0.3, 0.4) is 0 Å². The lowest BCUT2D eigenvalue weighted by Crippen LogP contribution is -2.49. The lowest BCUT2D eigenvalue weighted by molar-refractivity contribution is -0.142. The van der Waals surface area contributed by atoms with E-state index in [1.165, 1.54) is 59.8 Å². The molecule has 0 aliphatic carbocycles. The number of primary amides is 1. The van der Waals surface area contributed by atoms with Crippen LogP contribution in [0, 0.1) is 17.8 Å². The van der Waals surface area contributed by atoms with Crippen molar-refractivity contribution >= 4 is 64.3 Å². The van der Waals surface area contributed by atoms with Crippen LogP contribution in [0.2, 0.25) is 5.02 Å². The molecule has 0 radical (unpaired) electrons. The smallest absolute Gasteiger partial charge is 0.241 e. The molecule has 16 heteroatoms. The van der Waals surface area contributed by atoms with Crippen LogP contribution in [0.4, 0.5) is 0 Å². The van der Waals surface area contributed by atoms with E-state index in [9.17, 15) is 43.8 Å². The number of nitrogens with zero attached hydrogens (tertiary/aromatic N) is 2. The molecular formula is C50H56ClN5O9S. The Morgan fingerprint density at radius 2 is 1.52 bits per heavy atom. The SMILES string of the molecule is C[C@@H]1CC(=O)[C@@H](N(C)C(=O)[C@H](CCCCN)CC(=O)c2ccc(-c3ccc(Cl)cc3)cc2)c2ccc(O)c(c2)-c2cc(ccc2O)C[C@@H](C(=O)C[C@@H](C)C(=O)N2CSC[C@@H]2C(N)=O)NC1=O. The fourth-order valence-corrected chi connectivity index (χ4v) is 9.90. The number of amides is 4. The second kappa shape index (κ2) is 22.0. The molecule has 0 aromatic heterocycles. The van der Waals surface area contributed by atoms with Crippen LogP contribution in [0.1, 0.15) is 79.9 Å². The number of nitrogens with two attached hydrogens (primary N) is 2. The van der Waals surface area contributed by atoms with E-state index in [1.807, 2.05) is 24.3 Å². The van der Waals surface area contributed by atoms with Crippen LogP contribution in [-0.2, 0) is 35.2 Å². The first-order valence-corrected chi connectivity index (χ1v) is 23.5. The summed E-state index contributed by atoms with van der Waals surface area (Å²) in [7, 11) is 1.47. The number of hydrogen-bond donors (Lipinski definition) is 5. The number of phenolic OH excluding ortho intramolecular Hbond substituents is 2. The summed E-state index contributed by atoms with van der Waals surface area (Å²) in [5, 5.41) is 25.8. The highest BCUT2D eigenvalue weighted by Crippen LogP contribution is 2.40. The summed E-state index contributed by atoms with van der Waals surface area (Å²) in [6.07, 6.45) is 0.583. The number of carbonyl (C=O) groups is 7. The number of phenols is 2. The van der Waals surface area contributed by atoms with Gasteiger partial charge in [0.05, 0.1) is 11.9 Å². The largest absolute Gasteiger partial charge is 0.507 e. The summed E-state index contributed by atoms with van der Waals surface area (Å²) in [5.41, 5.74) is 14.7. The van der Waals surface area contributed by atoms with Crippen molar-refractivity contribution in [3.8, 4) is 33.8 Å². The fourth-order valence-electron chi connectivity index (χ4n) is 8.60. The van der Waals surface area contributed by atoms with Crippen molar-refractivity contribution in [1.29, 1.82) is 0 Å². The number of hydrogen-bond acceptors (Lipinski definition) is 11. The second-order valence-corrected chi connectivity index (χ2v) is 18.7. The van der Waals surface area contributed by atoms with Crippen LogP contribution in [0.25, 0.3) is 22.3 Å². The second-order valence-electron chi connectivity index (χ2n) is 17.3. The van der Waals surface area contributed by atoms with E-state index in [2.05, 4.69) is 5.32 Å². The van der Waals surface area contributed by atoms with Crippen LogP contribution < -0.4 is 16.8 Å². The van der Waals surface area contributed by atoms with Crippen LogP contribution in [0.15, 0.2) is 84.9 Å². The van der Waals surface area contributed by atoms with Gasteiger partial charge in [0.2, 0.25) is 23.6 Å². The number of benzene rings is 4. The van der Waals surface area contributed by atoms with Crippen molar-refractivity contribution in [2.24, 2.45) is 29.2 Å². The van der Waals surface area contributed by atoms with Gasteiger partial charge in [-0.25, -0.2) is 0 Å². The molecule has 0 unspecified atom stereocenters. The molecule has 4 bridgehead atoms. The van der Waals surface area contributed by atoms with Crippen molar-refractivity contribution in [1.82, 2.24) is 15.1 Å². The highest BCUT2D eigenvalue weighted by molar-refractivity contribution is 7.99. The van der Waals surface area contributed by atoms with Gasteiger partial charge in [-0.1, -0.05) is 80.4 Å². The van der Waals surface area contributed by atoms with Gasteiger partial charge in [-0.3, -0.25) is 33.6 Å². The predicted octanol–water partition coefficient (Wildman–Crippen LogP) is 6.22. The Morgan fingerprint density at radius 1 is 0.879 bits per heavy atom.